The van der Waals surface area contributed by atoms with Crippen molar-refractivity contribution < 1.29 is 0 Å². The van der Waals surface area contributed by atoms with Crippen molar-refractivity contribution in [3.63, 3.8) is 0 Å². The maximum absolute atomic E-state index is 4.22. The predicted octanol–water partition coefficient (Wildman–Crippen LogP) is 3.29. The lowest BCUT2D eigenvalue weighted by molar-refractivity contribution is 0.227. The highest BCUT2D eigenvalue weighted by Crippen LogP contribution is 2.28. The lowest BCUT2D eigenvalue weighted by atomic mass is 9.81. The molecule has 98 valence electrons. The molecule has 1 heterocycles. The summed E-state index contributed by atoms with van der Waals surface area (Å²) in [6, 6.07) is 0.334. The van der Waals surface area contributed by atoms with Crippen molar-refractivity contribution in [2.75, 3.05) is 0 Å². The number of aryl methyl sites for hydroxylation is 1. The summed E-state index contributed by atoms with van der Waals surface area (Å²) in [5, 5.41) is 7.91. The largest absolute Gasteiger partial charge is 0.305 e. The van der Waals surface area contributed by atoms with Gasteiger partial charge in [-0.15, -0.1) is 0 Å². The van der Waals surface area contributed by atoms with Crippen LogP contribution in [0.1, 0.15) is 59.6 Å². The summed E-state index contributed by atoms with van der Waals surface area (Å²) < 4.78 is 1.85. The first-order valence-electron chi connectivity index (χ1n) is 6.35. The fourth-order valence-electron chi connectivity index (χ4n) is 2.71. The van der Waals surface area contributed by atoms with E-state index in [0.29, 0.717) is 11.5 Å². The van der Waals surface area contributed by atoms with Gasteiger partial charge in [0.15, 0.2) is 0 Å². The predicted molar refractivity (Wildman–Crippen MR) is 72.9 cm³/mol. The molecule has 1 aromatic rings. The van der Waals surface area contributed by atoms with Crippen molar-refractivity contribution in [3.8, 4) is 0 Å². The molecule has 1 N–H and O–H groups in total. The monoisotopic (exact) mass is 237 g/mol. The molecule has 3 nitrogen and oxygen atoms in total. The first kappa shape index (κ1) is 14.2. The van der Waals surface area contributed by atoms with Crippen LogP contribution in [-0.4, -0.2) is 15.3 Å². The maximum atomic E-state index is 4.22. The van der Waals surface area contributed by atoms with E-state index in [1.807, 2.05) is 17.9 Å². The topological polar surface area (TPSA) is 29.9 Å². The molecule has 0 saturated carbocycles. The average Bonchev–Trinajstić information content (AvgIpc) is 2.45. The second-order valence-corrected chi connectivity index (χ2v) is 6.93. The Balaban J connectivity index is 2.64. The Morgan fingerprint density at radius 1 is 1.29 bits per heavy atom. The molecule has 0 saturated heterocycles. The molecule has 0 fully saturated rings. The van der Waals surface area contributed by atoms with Gasteiger partial charge in [-0.25, -0.2) is 0 Å². The van der Waals surface area contributed by atoms with Crippen molar-refractivity contribution in [1.29, 1.82) is 0 Å². The van der Waals surface area contributed by atoms with Gasteiger partial charge in [-0.05, 0) is 32.6 Å². The van der Waals surface area contributed by atoms with Gasteiger partial charge in [0.1, 0.15) is 0 Å². The summed E-state index contributed by atoms with van der Waals surface area (Å²) in [4.78, 5) is 0. The van der Waals surface area contributed by atoms with Gasteiger partial charge in [0, 0.05) is 30.4 Å². The molecule has 0 aromatic carbocycles. The standard InChI is InChI=1S/C14H27N3/c1-11(12-8-15-17(7)9-12)16-14(5,6)10-13(2,3)4/h8-9,11,16H,10H2,1-7H3. The highest BCUT2D eigenvalue weighted by atomic mass is 15.2. The molecule has 0 aliphatic rings. The minimum Gasteiger partial charge on any atom is -0.305 e. The smallest absolute Gasteiger partial charge is 0.0537 e. The summed E-state index contributed by atoms with van der Waals surface area (Å²) in [6.07, 6.45) is 5.15. The van der Waals surface area contributed by atoms with Crippen LogP contribution in [0, 0.1) is 5.41 Å². The zero-order valence-corrected chi connectivity index (χ0v) is 12.3. The molecular weight excluding hydrogens is 210 g/mol. The fourth-order valence-corrected chi connectivity index (χ4v) is 2.71. The highest BCUT2D eigenvalue weighted by Gasteiger charge is 2.27. The zero-order chi connectivity index (χ0) is 13.3. The minimum absolute atomic E-state index is 0.132. The molecular formula is C14H27N3. The second-order valence-electron chi connectivity index (χ2n) is 6.93. The summed E-state index contributed by atoms with van der Waals surface area (Å²) >= 11 is 0. The molecule has 0 radical (unpaired) electrons. The van der Waals surface area contributed by atoms with E-state index in [1.165, 1.54) is 5.56 Å². The van der Waals surface area contributed by atoms with Crippen molar-refractivity contribution in [3.05, 3.63) is 18.0 Å². The SMILES string of the molecule is CC(NC(C)(C)CC(C)(C)C)c1cnn(C)c1. The van der Waals surface area contributed by atoms with Gasteiger partial charge in [0.2, 0.25) is 0 Å². The van der Waals surface area contributed by atoms with Crippen LogP contribution in [0.25, 0.3) is 0 Å². The maximum Gasteiger partial charge on any atom is 0.0537 e. The van der Waals surface area contributed by atoms with Gasteiger partial charge >= 0.3 is 0 Å². The lowest BCUT2D eigenvalue weighted by Gasteiger charge is -2.35. The summed E-state index contributed by atoms with van der Waals surface area (Å²) in [7, 11) is 1.95. The van der Waals surface area contributed by atoms with Crippen LogP contribution in [0.3, 0.4) is 0 Å². The van der Waals surface area contributed by atoms with E-state index in [4.69, 9.17) is 0 Å². The van der Waals surface area contributed by atoms with Crippen LogP contribution >= 0.6 is 0 Å². The molecule has 1 atom stereocenters. The lowest BCUT2D eigenvalue weighted by Crippen LogP contribution is -2.43. The third-order valence-electron chi connectivity index (χ3n) is 2.80. The highest BCUT2D eigenvalue weighted by molar-refractivity contribution is 5.10. The van der Waals surface area contributed by atoms with E-state index in [1.54, 1.807) is 0 Å². The Morgan fingerprint density at radius 2 is 1.88 bits per heavy atom. The average molecular weight is 237 g/mol. The number of nitrogens with one attached hydrogen (secondary N) is 1. The molecule has 0 aliphatic carbocycles. The van der Waals surface area contributed by atoms with E-state index in [-0.39, 0.29) is 5.54 Å². The van der Waals surface area contributed by atoms with Gasteiger partial charge in [0.05, 0.1) is 6.20 Å². The van der Waals surface area contributed by atoms with E-state index < -0.39 is 0 Å². The van der Waals surface area contributed by atoms with E-state index in [0.717, 1.165) is 6.42 Å². The molecule has 0 amide bonds. The Morgan fingerprint density at radius 3 is 2.29 bits per heavy atom. The first-order chi connectivity index (χ1) is 7.59. The van der Waals surface area contributed by atoms with Crippen molar-refractivity contribution in [1.82, 2.24) is 15.1 Å². The van der Waals surface area contributed by atoms with Crippen molar-refractivity contribution in [2.45, 2.75) is 59.5 Å². The van der Waals surface area contributed by atoms with Gasteiger partial charge in [-0.2, -0.15) is 5.10 Å². The van der Waals surface area contributed by atoms with Gasteiger partial charge < -0.3 is 5.32 Å². The minimum atomic E-state index is 0.132. The molecule has 0 spiro atoms. The number of hydrogen-bond donors (Lipinski definition) is 1. The van der Waals surface area contributed by atoms with E-state index >= 15 is 0 Å². The Labute approximate surface area is 106 Å². The number of hydrogen-bond acceptors (Lipinski definition) is 2. The number of rotatable bonds is 4. The normalized spacial score (nSPS) is 15.0. The number of nitrogens with zero attached hydrogens (tertiary/aromatic N) is 2. The van der Waals surface area contributed by atoms with Crippen molar-refractivity contribution >= 4 is 0 Å². The van der Waals surface area contributed by atoms with E-state index in [9.17, 15) is 0 Å². The Bertz CT molecular complexity index is 358. The molecule has 1 unspecified atom stereocenters. The van der Waals surface area contributed by atoms with Crippen molar-refractivity contribution in [2.24, 2.45) is 12.5 Å². The first-order valence-corrected chi connectivity index (χ1v) is 6.35. The summed E-state index contributed by atoms with van der Waals surface area (Å²) in [6.45, 7) is 13.6. The summed E-state index contributed by atoms with van der Waals surface area (Å²) in [5.74, 6) is 0. The third-order valence-corrected chi connectivity index (χ3v) is 2.80. The van der Waals surface area contributed by atoms with Crippen LogP contribution in [0.4, 0.5) is 0 Å². The third kappa shape index (κ3) is 4.90. The Hall–Kier alpha value is -0.830. The van der Waals surface area contributed by atoms with Crippen LogP contribution in [0.2, 0.25) is 0 Å². The van der Waals surface area contributed by atoms with Gasteiger partial charge in [-0.3, -0.25) is 4.68 Å². The van der Waals surface area contributed by atoms with Crippen LogP contribution in [0.15, 0.2) is 12.4 Å². The molecule has 1 aromatic heterocycles. The molecule has 1 rings (SSSR count). The van der Waals surface area contributed by atoms with Crippen LogP contribution in [-0.2, 0) is 7.05 Å². The fraction of sp³-hybridized carbons (Fsp3) is 0.786. The van der Waals surface area contributed by atoms with E-state index in [2.05, 4.69) is 58.2 Å². The molecule has 0 bridgehead atoms. The second kappa shape index (κ2) is 4.81. The molecule has 17 heavy (non-hydrogen) atoms. The van der Waals surface area contributed by atoms with Gasteiger partial charge in [-0.1, -0.05) is 20.8 Å². The molecule has 0 aliphatic heterocycles. The van der Waals surface area contributed by atoms with Gasteiger partial charge in [0.25, 0.3) is 0 Å². The van der Waals surface area contributed by atoms with Crippen LogP contribution in [0.5, 0.6) is 0 Å². The number of aromatic nitrogens is 2. The summed E-state index contributed by atoms with van der Waals surface area (Å²) in [5.41, 5.74) is 1.72. The molecule has 3 heteroatoms. The quantitative estimate of drug-likeness (QED) is 0.871. The van der Waals surface area contributed by atoms with Crippen LogP contribution < -0.4 is 5.32 Å². The zero-order valence-electron chi connectivity index (χ0n) is 12.3. The Kier molecular flexibility index (Phi) is 4.03.